The van der Waals surface area contributed by atoms with Crippen LogP contribution in [-0.2, 0) is 10.0 Å². The minimum atomic E-state index is -3.51. The molecule has 1 rings (SSSR count). The molecule has 5 heteroatoms. The topological polar surface area (TPSA) is 72.2 Å². The monoisotopic (exact) mass is 298 g/mol. The minimum Gasteiger partial charge on any atom is -0.398 e. The first-order chi connectivity index (χ1) is 9.24. The summed E-state index contributed by atoms with van der Waals surface area (Å²) < 4.78 is 27.7. The standard InChI is InChI=1S/C15H26N2O2S/c1-6-13(7-2)9-17-20(18,19)15-11(4)8-10(3)14(16)12(15)5/h8,13,17H,6-7,9,16H2,1-5H3. The highest BCUT2D eigenvalue weighted by Gasteiger charge is 2.22. The number of nitrogens with two attached hydrogens (primary N) is 1. The summed E-state index contributed by atoms with van der Waals surface area (Å²) in [6.07, 6.45) is 1.93. The molecule has 0 heterocycles. The Hall–Kier alpha value is -1.07. The molecule has 20 heavy (non-hydrogen) atoms. The molecule has 0 bridgehead atoms. The first-order valence-corrected chi connectivity index (χ1v) is 8.58. The van der Waals surface area contributed by atoms with Crippen molar-refractivity contribution in [2.24, 2.45) is 5.92 Å². The molecule has 0 unspecified atom stereocenters. The van der Waals surface area contributed by atoms with Crippen molar-refractivity contribution in [2.45, 2.75) is 52.4 Å². The summed E-state index contributed by atoms with van der Waals surface area (Å²) in [5.41, 5.74) is 8.81. The molecule has 0 saturated heterocycles. The Morgan fingerprint density at radius 2 is 1.70 bits per heavy atom. The zero-order valence-corrected chi connectivity index (χ0v) is 13.9. The molecule has 114 valence electrons. The van der Waals surface area contributed by atoms with Crippen LogP contribution in [-0.4, -0.2) is 15.0 Å². The second-order valence-corrected chi connectivity index (χ2v) is 7.12. The van der Waals surface area contributed by atoms with Crippen molar-refractivity contribution < 1.29 is 8.42 Å². The van der Waals surface area contributed by atoms with E-state index in [1.807, 2.05) is 19.9 Å². The van der Waals surface area contributed by atoms with Gasteiger partial charge in [0.1, 0.15) is 0 Å². The molecule has 0 atom stereocenters. The summed E-state index contributed by atoms with van der Waals surface area (Å²) in [5.74, 6) is 0.369. The van der Waals surface area contributed by atoms with Gasteiger partial charge in [-0.1, -0.05) is 32.8 Å². The number of benzene rings is 1. The van der Waals surface area contributed by atoms with Gasteiger partial charge in [0, 0.05) is 12.2 Å². The molecule has 0 aromatic heterocycles. The van der Waals surface area contributed by atoms with Crippen molar-refractivity contribution in [3.8, 4) is 0 Å². The third-order valence-electron chi connectivity index (χ3n) is 3.95. The molecule has 4 nitrogen and oxygen atoms in total. The second-order valence-electron chi connectivity index (χ2n) is 5.41. The maximum Gasteiger partial charge on any atom is 0.241 e. The highest BCUT2D eigenvalue weighted by atomic mass is 32.2. The third kappa shape index (κ3) is 3.52. The lowest BCUT2D eigenvalue weighted by Crippen LogP contribution is -2.30. The van der Waals surface area contributed by atoms with E-state index in [4.69, 9.17) is 5.73 Å². The molecule has 0 radical (unpaired) electrons. The van der Waals surface area contributed by atoms with E-state index in [1.165, 1.54) is 0 Å². The maximum absolute atomic E-state index is 12.5. The second kappa shape index (κ2) is 6.59. The van der Waals surface area contributed by atoms with Gasteiger partial charge in [0.25, 0.3) is 0 Å². The van der Waals surface area contributed by atoms with Gasteiger partial charge >= 0.3 is 0 Å². The Morgan fingerprint density at radius 3 is 2.20 bits per heavy atom. The summed E-state index contributed by atoms with van der Waals surface area (Å²) in [6.45, 7) is 10.1. The summed E-state index contributed by atoms with van der Waals surface area (Å²) >= 11 is 0. The first-order valence-electron chi connectivity index (χ1n) is 7.10. The largest absolute Gasteiger partial charge is 0.398 e. The fourth-order valence-electron chi connectivity index (χ4n) is 2.47. The van der Waals surface area contributed by atoms with Crippen LogP contribution in [0.3, 0.4) is 0 Å². The van der Waals surface area contributed by atoms with E-state index in [9.17, 15) is 8.42 Å². The maximum atomic E-state index is 12.5. The van der Waals surface area contributed by atoms with Crippen LogP contribution in [0.25, 0.3) is 0 Å². The quantitative estimate of drug-likeness (QED) is 0.793. The minimum absolute atomic E-state index is 0.326. The lowest BCUT2D eigenvalue weighted by Gasteiger charge is -2.18. The molecule has 1 aromatic carbocycles. The fourth-order valence-corrected chi connectivity index (χ4v) is 4.07. The number of anilines is 1. The van der Waals surface area contributed by atoms with Crippen molar-refractivity contribution >= 4 is 15.7 Å². The molecule has 0 amide bonds. The normalized spacial score (nSPS) is 12.1. The van der Waals surface area contributed by atoms with Crippen molar-refractivity contribution in [3.63, 3.8) is 0 Å². The smallest absolute Gasteiger partial charge is 0.241 e. The molecule has 0 fully saturated rings. The van der Waals surface area contributed by atoms with Gasteiger partial charge < -0.3 is 5.73 Å². The Balaban J connectivity index is 3.14. The van der Waals surface area contributed by atoms with Crippen LogP contribution in [0.2, 0.25) is 0 Å². The van der Waals surface area contributed by atoms with E-state index in [0.29, 0.717) is 28.6 Å². The predicted molar refractivity (Wildman–Crippen MR) is 84.3 cm³/mol. The Kier molecular flexibility index (Phi) is 5.59. The van der Waals surface area contributed by atoms with Crippen molar-refractivity contribution in [1.29, 1.82) is 0 Å². The van der Waals surface area contributed by atoms with E-state index in [0.717, 1.165) is 24.0 Å². The van der Waals surface area contributed by atoms with E-state index < -0.39 is 10.0 Å². The molecular weight excluding hydrogens is 272 g/mol. The molecular formula is C15H26N2O2S. The van der Waals surface area contributed by atoms with E-state index in [1.54, 1.807) is 6.92 Å². The fraction of sp³-hybridized carbons (Fsp3) is 0.600. The van der Waals surface area contributed by atoms with Crippen molar-refractivity contribution in [3.05, 3.63) is 22.8 Å². The molecule has 0 aliphatic rings. The van der Waals surface area contributed by atoms with Crippen LogP contribution in [0.4, 0.5) is 5.69 Å². The average Bonchev–Trinajstić information content (AvgIpc) is 2.37. The highest BCUT2D eigenvalue weighted by molar-refractivity contribution is 7.89. The van der Waals surface area contributed by atoms with E-state index >= 15 is 0 Å². The zero-order chi connectivity index (χ0) is 15.5. The summed E-state index contributed by atoms with van der Waals surface area (Å²) in [7, 11) is -3.51. The number of hydrogen-bond donors (Lipinski definition) is 2. The number of nitrogen functional groups attached to an aromatic ring is 1. The first kappa shape index (κ1) is 17.0. The molecule has 0 saturated carbocycles. The lowest BCUT2D eigenvalue weighted by atomic mass is 10.0. The molecule has 3 N–H and O–H groups in total. The number of sulfonamides is 1. The Bertz CT molecular complexity index is 576. The van der Waals surface area contributed by atoms with Gasteiger partial charge in [-0.25, -0.2) is 13.1 Å². The van der Waals surface area contributed by atoms with E-state index in [-0.39, 0.29) is 0 Å². The van der Waals surface area contributed by atoms with Crippen LogP contribution < -0.4 is 10.5 Å². The number of rotatable bonds is 6. The molecule has 0 aliphatic carbocycles. The van der Waals surface area contributed by atoms with Crippen LogP contribution in [0, 0.1) is 26.7 Å². The Labute approximate surface area is 122 Å². The van der Waals surface area contributed by atoms with Gasteiger partial charge in [0.15, 0.2) is 0 Å². The molecule has 0 spiro atoms. The highest BCUT2D eigenvalue weighted by Crippen LogP contribution is 2.28. The number of nitrogens with one attached hydrogen (secondary N) is 1. The van der Waals surface area contributed by atoms with Crippen molar-refractivity contribution in [2.75, 3.05) is 12.3 Å². The van der Waals surface area contributed by atoms with Crippen LogP contribution >= 0.6 is 0 Å². The van der Waals surface area contributed by atoms with Gasteiger partial charge in [0.05, 0.1) is 4.90 Å². The predicted octanol–water partition coefficient (Wildman–Crippen LogP) is 2.91. The van der Waals surface area contributed by atoms with Crippen LogP contribution in [0.1, 0.15) is 43.4 Å². The molecule has 1 aromatic rings. The average molecular weight is 298 g/mol. The van der Waals surface area contributed by atoms with Gasteiger partial charge in [-0.2, -0.15) is 0 Å². The summed E-state index contributed by atoms with van der Waals surface area (Å²) in [4.78, 5) is 0.326. The molecule has 0 aliphatic heterocycles. The van der Waals surface area contributed by atoms with Gasteiger partial charge in [-0.3, -0.25) is 0 Å². The van der Waals surface area contributed by atoms with Crippen LogP contribution in [0.15, 0.2) is 11.0 Å². The Morgan fingerprint density at radius 1 is 1.15 bits per heavy atom. The van der Waals surface area contributed by atoms with E-state index in [2.05, 4.69) is 18.6 Å². The van der Waals surface area contributed by atoms with Crippen LogP contribution in [0.5, 0.6) is 0 Å². The SMILES string of the molecule is CCC(CC)CNS(=O)(=O)c1c(C)cc(C)c(N)c1C. The number of hydrogen-bond acceptors (Lipinski definition) is 3. The van der Waals surface area contributed by atoms with Gasteiger partial charge in [-0.05, 0) is 43.4 Å². The summed E-state index contributed by atoms with van der Waals surface area (Å²) in [5, 5.41) is 0. The van der Waals surface area contributed by atoms with Gasteiger partial charge in [-0.15, -0.1) is 0 Å². The van der Waals surface area contributed by atoms with Crippen molar-refractivity contribution in [1.82, 2.24) is 4.72 Å². The third-order valence-corrected chi connectivity index (χ3v) is 5.66. The summed E-state index contributed by atoms with van der Waals surface area (Å²) in [6, 6.07) is 1.83. The zero-order valence-electron chi connectivity index (χ0n) is 13.1. The number of aryl methyl sites for hydroxylation is 2. The lowest BCUT2D eigenvalue weighted by molar-refractivity contribution is 0.478. The van der Waals surface area contributed by atoms with Gasteiger partial charge in [0.2, 0.25) is 10.0 Å².